The van der Waals surface area contributed by atoms with Crippen molar-refractivity contribution in [1.82, 2.24) is 10.2 Å². The summed E-state index contributed by atoms with van der Waals surface area (Å²) in [5, 5.41) is 3.54. The van der Waals surface area contributed by atoms with Crippen LogP contribution in [0.4, 0.5) is 0 Å². The molecule has 0 aromatic rings. The number of guanidine groups is 1. The number of nitrogens with one attached hydrogen (secondary N) is 1. The Morgan fingerprint density at radius 3 is 2.60 bits per heavy atom. The zero-order chi connectivity index (χ0) is 10.3. The largest absolute Gasteiger partial charge is 0.354 e. The third-order valence-electron chi connectivity index (χ3n) is 4.27. The van der Waals surface area contributed by atoms with Crippen molar-refractivity contribution in [3.05, 3.63) is 0 Å². The maximum absolute atomic E-state index is 4.41. The number of likely N-dealkylation sites (tertiary alicyclic amines) is 1. The summed E-state index contributed by atoms with van der Waals surface area (Å²) in [4.78, 5) is 6.88. The van der Waals surface area contributed by atoms with Gasteiger partial charge in [-0.15, -0.1) is 0 Å². The zero-order valence-corrected chi connectivity index (χ0v) is 9.63. The van der Waals surface area contributed by atoms with Gasteiger partial charge in [-0.1, -0.05) is 6.42 Å². The van der Waals surface area contributed by atoms with Crippen LogP contribution >= 0.6 is 0 Å². The Morgan fingerprint density at radius 2 is 2.13 bits per heavy atom. The number of aliphatic imine (C=N–C) groups is 1. The first kappa shape index (κ1) is 9.49. The molecule has 3 aliphatic rings. The number of hydrogen-bond donors (Lipinski definition) is 1. The van der Waals surface area contributed by atoms with Crippen LogP contribution < -0.4 is 5.32 Å². The van der Waals surface area contributed by atoms with Crippen LogP contribution in [0.5, 0.6) is 0 Å². The molecule has 0 unspecified atom stereocenters. The van der Waals surface area contributed by atoms with Gasteiger partial charge in [0.1, 0.15) is 0 Å². The van der Waals surface area contributed by atoms with Gasteiger partial charge in [0.15, 0.2) is 5.96 Å². The molecule has 0 radical (unpaired) electrons. The third kappa shape index (κ3) is 1.72. The van der Waals surface area contributed by atoms with Gasteiger partial charge in [-0.05, 0) is 37.5 Å². The van der Waals surface area contributed by atoms with Crippen molar-refractivity contribution >= 4 is 5.96 Å². The molecule has 1 spiro atoms. The first-order valence-electron chi connectivity index (χ1n) is 6.30. The van der Waals surface area contributed by atoms with Crippen LogP contribution in [-0.4, -0.2) is 37.0 Å². The molecule has 2 aliphatic carbocycles. The summed E-state index contributed by atoms with van der Waals surface area (Å²) in [7, 11) is 1.91. The van der Waals surface area contributed by atoms with Crippen molar-refractivity contribution in [3.63, 3.8) is 0 Å². The van der Waals surface area contributed by atoms with Gasteiger partial charge in [0.2, 0.25) is 0 Å². The fraction of sp³-hybridized carbons (Fsp3) is 0.917. The molecule has 0 bridgehead atoms. The molecule has 1 saturated heterocycles. The molecule has 3 rings (SSSR count). The molecule has 1 heterocycles. The minimum absolute atomic E-state index is 0.682. The van der Waals surface area contributed by atoms with Crippen LogP contribution in [0.15, 0.2) is 4.99 Å². The Balaban J connectivity index is 1.61. The van der Waals surface area contributed by atoms with E-state index in [0.29, 0.717) is 5.41 Å². The Kier molecular flexibility index (Phi) is 2.15. The molecular formula is C12H21N3. The van der Waals surface area contributed by atoms with Crippen LogP contribution in [0, 0.1) is 5.41 Å². The highest BCUT2D eigenvalue weighted by atomic mass is 15.3. The van der Waals surface area contributed by atoms with Crippen LogP contribution in [0.2, 0.25) is 0 Å². The zero-order valence-electron chi connectivity index (χ0n) is 9.63. The Bertz CT molecular complexity index is 277. The predicted octanol–water partition coefficient (Wildman–Crippen LogP) is 1.60. The molecule has 3 heteroatoms. The van der Waals surface area contributed by atoms with E-state index in [1.807, 2.05) is 7.05 Å². The monoisotopic (exact) mass is 207 g/mol. The predicted molar refractivity (Wildman–Crippen MR) is 62.0 cm³/mol. The van der Waals surface area contributed by atoms with Crippen molar-refractivity contribution in [2.24, 2.45) is 10.4 Å². The van der Waals surface area contributed by atoms with Gasteiger partial charge >= 0.3 is 0 Å². The topological polar surface area (TPSA) is 27.6 Å². The lowest BCUT2D eigenvalue weighted by atomic mass is 9.68. The van der Waals surface area contributed by atoms with Crippen LogP contribution in [0.25, 0.3) is 0 Å². The molecule has 0 amide bonds. The van der Waals surface area contributed by atoms with Crippen molar-refractivity contribution in [2.45, 2.75) is 44.6 Å². The third-order valence-corrected chi connectivity index (χ3v) is 4.27. The molecule has 0 aromatic carbocycles. The molecule has 15 heavy (non-hydrogen) atoms. The van der Waals surface area contributed by atoms with E-state index < -0.39 is 0 Å². The fourth-order valence-corrected chi connectivity index (χ4v) is 2.91. The Labute approximate surface area is 91.9 Å². The summed E-state index contributed by atoms with van der Waals surface area (Å²) in [6, 6.07) is 0.724. The van der Waals surface area contributed by atoms with Gasteiger partial charge in [-0.25, -0.2) is 0 Å². The van der Waals surface area contributed by atoms with E-state index in [4.69, 9.17) is 0 Å². The highest BCUT2D eigenvalue weighted by Crippen LogP contribution is 2.47. The van der Waals surface area contributed by atoms with Crippen molar-refractivity contribution in [2.75, 3.05) is 20.1 Å². The Hall–Kier alpha value is -0.730. The smallest absolute Gasteiger partial charge is 0.193 e. The quantitative estimate of drug-likeness (QED) is 0.522. The van der Waals surface area contributed by atoms with Gasteiger partial charge in [-0.2, -0.15) is 0 Å². The first-order valence-corrected chi connectivity index (χ1v) is 6.30. The van der Waals surface area contributed by atoms with E-state index in [-0.39, 0.29) is 0 Å². The van der Waals surface area contributed by atoms with Crippen LogP contribution in [0.1, 0.15) is 38.5 Å². The second-order valence-electron chi connectivity index (χ2n) is 5.49. The molecule has 3 nitrogen and oxygen atoms in total. The van der Waals surface area contributed by atoms with Gasteiger partial charge < -0.3 is 10.2 Å². The SMILES string of the molecule is CN=C(NC1CC1)N1CCC2(CCC2)C1. The second kappa shape index (κ2) is 3.39. The van der Waals surface area contributed by atoms with Crippen molar-refractivity contribution in [1.29, 1.82) is 0 Å². The number of nitrogens with zero attached hydrogens (tertiary/aromatic N) is 2. The molecule has 3 fully saturated rings. The molecule has 2 saturated carbocycles. The second-order valence-corrected chi connectivity index (χ2v) is 5.49. The van der Waals surface area contributed by atoms with E-state index in [0.717, 1.165) is 12.0 Å². The average molecular weight is 207 g/mol. The lowest BCUT2D eigenvalue weighted by Crippen LogP contribution is -2.43. The summed E-state index contributed by atoms with van der Waals surface area (Å²) in [5.74, 6) is 1.15. The van der Waals surface area contributed by atoms with Gasteiger partial charge in [0.05, 0.1) is 0 Å². The minimum Gasteiger partial charge on any atom is -0.354 e. The number of rotatable bonds is 1. The highest BCUT2D eigenvalue weighted by molar-refractivity contribution is 5.80. The van der Waals surface area contributed by atoms with Crippen molar-refractivity contribution < 1.29 is 0 Å². The van der Waals surface area contributed by atoms with Crippen LogP contribution in [0.3, 0.4) is 0 Å². The van der Waals surface area contributed by atoms with Gasteiger partial charge in [0, 0.05) is 26.2 Å². The normalized spacial score (nSPS) is 29.4. The lowest BCUT2D eigenvalue weighted by molar-refractivity contribution is 0.151. The van der Waals surface area contributed by atoms with Gasteiger partial charge in [0.25, 0.3) is 0 Å². The summed E-state index contributed by atoms with van der Waals surface area (Å²) in [5.41, 5.74) is 0.682. The molecular weight excluding hydrogens is 186 g/mol. The van der Waals surface area contributed by atoms with E-state index >= 15 is 0 Å². The maximum Gasteiger partial charge on any atom is 0.193 e. The van der Waals surface area contributed by atoms with E-state index in [1.165, 1.54) is 51.6 Å². The Morgan fingerprint density at radius 1 is 1.33 bits per heavy atom. The summed E-state index contributed by atoms with van der Waals surface area (Å²) < 4.78 is 0. The van der Waals surface area contributed by atoms with Crippen molar-refractivity contribution in [3.8, 4) is 0 Å². The van der Waals surface area contributed by atoms with E-state index in [9.17, 15) is 0 Å². The average Bonchev–Trinajstić information content (AvgIpc) is 2.89. The highest BCUT2D eigenvalue weighted by Gasteiger charge is 2.43. The lowest BCUT2D eigenvalue weighted by Gasteiger charge is -2.38. The van der Waals surface area contributed by atoms with E-state index in [2.05, 4.69) is 15.2 Å². The summed E-state index contributed by atoms with van der Waals surface area (Å²) >= 11 is 0. The molecule has 1 aliphatic heterocycles. The van der Waals surface area contributed by atoms with Gasteiger partial charge in [-0.3, -0.25) is 4.99 Å². The fourth-order valence-electron chi connectivity index (χ4n) is 2.91. The van der Waals surface area contributed by atoms with Crippen LogP contribution in [-0.2, 0) is 0 Å². The van der Waals surface area contributed by atoms with E-state index in [1.54, 1.807) is 0 Å². The first-order chi connectivity index (χ1) is 7.31. The molecule has 84 valence electrons. The molecule has 0 aromatic heterocycles. The standard InChI is InChI=1S/C12H21N3/c1-13-11(14-10-3-4-10)15-8-7-12(9-15)5-2-6-12/h10H,2-9H2,1H3,(H,13,14). The summed E-state index contributed by atoms with van der Waals surface area (Å²) in [6.45, 7) is 2.46. The molecule has 0 atom stereocenters. The molecule has 1 N–H and O–H groups in total. The minimum atomic E-state index is 0.682. The maximum atomic E-state index is 4.41. The number of hydrogen-bond acceptors (Lipinski definition) is 1. The summed E-state index contributed by atoms with van der Waals surface area (Å²) in [6.07, 6.45) is 8.39.